The largest absolute Gasteiger partial charge is 0.481 e. The Balaban J connectivity index is 2.20. The summed E-state index contributed by atoms with van der Waals surface area (Å²) >= 11 is 0. The lowest BCUT2D eigenvalue weighted by Gasteiger charge is -2.13. The van der Waals surface area contributed by atoms with E-state index in [2.05, 4.69) is 5.32 Å². The highest BCUT2D eigenvalue weighted by molar-refractivity contribution is 5.78. The molecular weight excluding hydrogens is 253 g/mol. The van der Waals surface area contributed by atoms with E-state index in [1.54, 1.807) is 0 Å². The van der Waals surface area contributed by atoms with Crippen LogP contribution in [0.15, 0.2) is 0 Å². The van der Waals surface area contributed by atoms with Crippen LogP contribution in [0.3, 0.4) is 0 Å². The highest BCUT2D eigenvalue weighted by atomic mass is 19.4. The van der Waals surface area contributed by atoms with Crippen molar-refractivity contribution in [3.8, 4) is 0 Å². The zero-order chi connectivity index (χ0) is 13.8. The third-order valence-electron chi connectivity index (χ3n) is 2.76. The van der Waals surface area contributed by atoms with E-state index in [1.807, 2.05) is 5.32 Å². The predicted octanol–water partition coefficient (Wildman–Crippen LogP) is 0.508. The molecule has 3 N–H and O–H groups in total. The number of hydrogen-bond donors (Lipinski definition) is 3. The first-order chi connectivity index (χ1) is 8.28. The lowest BCUT2D eigenvalue weighted by Crippen LogP contribution is -2.41. The number of amides is 1. The summed E-state index contributed by atoms with van der Waals surface area (Å²) in [6, 6.07) is -0.258. The molecule has 0 spiro atoms. The molecule has 0 aromatic heterocycles. The van der Waals surface area contributed by atoms with Crippen LogP contribution in [0.2, 0.25) is 0 Å². The molecule has 0 aliphatic heterocycles. The van der Waals surface area contributed by atoms with Gasteiger partial charge in [-0.15, -0.1) is 0 Å². The molecule has 0 radical (unpaired) electrons. The molecule has 2 unspecified atom stereocenters. The normalized spacial score (nSPS) is 23.9. The SMILES string of the molecule is O=C(CNCC(F)(F)F)NC1CCC(C(=O)O)C1. The van der Waals surface area contributed by atoms with E-state index in [0.717, 1.165) is 0 Å². The second-order valence-corrected chi connectivity index (χ2v) is 4.33. The van der Waals surface area contributed by atoms with Crippen molar-refractivity contribution in [3.05, 3.63) is 0 Å². The molecule has 1 aliphatic carbocycles. The average molecular weight is 268 g/mol. The van der Waals surface area contributed by atoms with Crippen LogP contribution in [0.4, 0.5) is 13.2 Å². The molecule has 1 rings (SSSR count). The van der Waals surface area contributed by atoms with E-state index in [1.165, 1.54) is 0 Å². The van der Waals surface area contributed by atoms with E-state index >= 15 is 0 Å². The number of carboxylic acid groups (broad SMARTS) is 1. The number of rotatable bonds is 5. The number of carboxylic acids is 1. The molecule has 2 atom stereocenters. The van der Waals surface area contributed by atoms with Crippen LogP contribution in [0.25, 0.3) is 0 Å². The quantitative estimate of drug-likeness (QED) is 0.679. The Bertz CT molecular complexity index is 320. The van der Waals surface area contributed by atoms with Gasteiger partial charge in [-0.2, -0.15) is 13.2 Å². The highest BCUT2D eigenvalue weighted by Crippen LogP contribution is 2.25. The van der Waals surface area contributed by atoms with Gasteiger partial charge in [-0.25, -0.2) is 0 Å². The van der Waals surface area contributed by atoms with Gasteiger partial charge in [0.1, 0.15) is 0 Å². The molecule has 104 valence electrons. The van der Waals surface area contributed by atoms with Crippen LogP contribution < -0.4 is 10.6 Å². The van der Waals surface area contributed by atoms with Crippen LogP contribution in [0.1, 0.15) is 19.3 Å². The van der Waals surface area contributed by atoms with Gasteiger partial charge in [-0.3, -0.25) is 9.59 Å². The molecule has 0 aromatic rings. The Hall–Kier alpha value is -1.31. The second-order valence-electron chi connectivity index (χ2n) is 4.33. The molecule has 1 saturated carbocycles. The minimum Gasteiger partial charge on any atom is -0.481 e. The molecule has 0 aromatic carbocycles. The van der Waals surface area contributed by atoms with Crippen molar-refractivity contribution in [1.29, 1.82) is 0 Å². The van der Waals surface area contributed by atoms with Gasteiger partial charge in [-0.05, 0) is 19.3 Å². The van der Waals surface area contributed by atoms with E-state index < -0.39 is 37.1 Å². The van der Waals surface area contributed by atoms with Gasteiger partial charge >= 0.3 is 12.1 Å². The van der Waals surface area contributed by atoms with Gasteiger partial charge in [-0.1, -0.05) is 0 Å². The predicted molar refractivity (Wildman–Crippen MR) is 55.8 cm³/mol. The van der Waals surface area contributed by atoms with Gasteiger partial charge < -0.3 is 15.7 Å². The molecule has 1 fully saturated rings. The van der Waals surface area contributed by atoms with Gasteiger partial charge in [0.15, 0.2) is 0 Å². The number of halogens is 3. The van der Waals surface area contributed by atoms with Crippen LogP contribution in [-0.2, 0) is 9.59 Å². The van der Waals surface area contributed by atoms with E-state index in [9.17, 15) is 22.8 Å². The number of alkyl halides is 3. The number of carbonyl (C=O) groups is 2. The summed E-state index contributed by atoms with van der Waals surface area (Å²) in [6.07, 6.45) is -2.99. The first-order valence-corrected chi connectivity index (χ1v) is 5.57. The Morgan fingerprint density at radius 2 is 1.94 bits per heavy atom. The van der Waals surface area contributed by atoms with Crippen molar-refractivity contribution >= 4 is 11.9 Å². The summed E-state index contributed by atoms with van der Waals surface area (Å²) in [5.74, 6) is -1.92. The minimum absolute atomic E-state index is 0.258. The maximum Gasteiger partial charge on any atom is 0.401 e. The third-order valence-corrected chi connectivity index (χ3v) is 2.76. The third kappa shape index (κ3) is 5.35. The standard InChI is InChI=1S/C10H15F3N2O3/c11-10(12,13)5-14-4-8(16)15-7-2-1-6(3-7)9(17)18/h6-7,14H,1-5H2,(H,15,16)(H,17,18). The molecule has 1 aliphatic rings. The summed E-state index contributed by atoms with van der Waals surface area (Å²) < 4.78 is 35.4. The maximum atomic E-state index is 11.8. The molecular formula is C10H15F3N2O3. The molecule has 0 bridgehead atoms. The first kappa shape index (κ1) is 14.7. The van der Waals surface area contributed by atoms with Crippen molar-refractivity contribution in [2.24, 2.45) is 5.92 Å². The van der Waals surface area contributed by atoms with E-state index in [0.29, 0.717) is 19.3 Å². The highest BCUT2D eigenvalue weighted by Gasteiger charge is 2.31. The fraction of sp³-hybridized carbons (Fsp3) is 0.800. The molecule has 8 heteroatoms. The van der Waals surface area contributed by atoms with Gasteiger partial charge in [0, 0.05) is 6.04 Å². The van der Waals surface area contributed by atoms with Crippen molar-refractivity contribution in [3.63, 3.8) is 0 Å². The van der Waals surface area contributed by atoms with Crippen LogP contribution >= 0.6 is 0 Å². The first-order valence-electron chi connectivity index (χ1n) is 5.57. The lowest BCUT2D eigenvalue weighted by atomic mass is 10.1. The van der Waals surface area contributed by atoms with Gasteiger partial charge in [0.25, 0.3) is 0 Å². The fourth-order valence-corrected chi connectivity index (χ4v) is 1.93. The number of carbonyl (C=O) groups excluding carboxylic acids is 1. The van der Waals surface area contributed by atoms with Crippen molar-refractivity contribution in [2.45, 2.75) is 31.5 Å². The monoisotopic (exact) mass is 268 g/mol. The maximum absolute atomic E-state index is 11.8. The number of aliphatic carboxylic acids is 1. The Labute approximate surface area is 102 Å². The van der Waals surface area contributed by atoms with Crippen LogP contribution in [0, 0.1) is 5.92 Å². The van der Waals surface area contributed by atoms with Gasteiger partial charge in [0.2, 0.25) is 5.91 Å². The minimum atomic E-state index is -4.35. The number of nitrogens with one attached hydrogen (secondary N) is 2. The summed E-state index contributed by atoms with van der Waals surface area (Å²) in [5, 5.41) is 13.2. The van der Waals surface area contributed by atoms with Crippen molar-refractivity contribution in [2.75, 3.05) is 13.1 Å². The fourth-order valence-electron chi connectivity index (χ4n) is 1.93. The molecule has 0 saturated heterocycles. The number of hydrogen-bond acceptors (Lipinski definition) is 3. The van der Waals surface area contributed by atoms with E-state index in [4.69, 9.17) is 5.11 Å². The Morgan fingerprint density at radius 3 is 2.44 bits per heavy atom. The van der Waals surface area contributed by atoms with Gasteiger partial charge in [0.05, 0.1) is 19.0 Å². The van der Waals surface area contributed by atoms with E-state index in [-0.39, 0.29) is 6.04 Å². The second kappa shape index (κ2) is 6.03. The molecule has 1 amide bonds. The Kier molecular flexibility index (Phi) is 4.94. The summed E-state index contributed by atoms with van der Waals surface area (Å²) in [6.45, 7) is -1.64. The lowest BCUT2D eigenvalue weighted by molar-refractivity contribution is -0.141. The summed E-state index contributed by atoms with van der Waals surface area (Å²) in [7, 11) is 0. The molecule has 5 nitrogen and oxygen atoms in total. The smallest absolute Gasteiger partial charge is 0.401 e. The summed E-state index contributed by atoms with van der Waals surface area (Å²) in [4.78, 5) is 21.9. The van der Waals surface area contributed by atoms with Crippen LogP contribution in [-0.4, -0.2) is 42.3 Å². The molecule has 0 heterocycles. The van der Waals surface area contributed by atoms with Crippen molar-refractivity contribution in [1.82, 2.24) is 10.6 Å². The average Bonchev–Trinajstić information content (AvgIpc) is 2.64. The summed E-state index contributed by atoms with van der Waals surface area (Å²) in [5.41, 5.74) is 0. The van der Waals surface area contributed by atoms with Crippen LogP contribution in [0.5, 0.6) is 0 Å². The molecule has 18 heavy (non-hydrogen) atoms. The van der Waals surface area contributed by atoms with Crippen molar-refractivity contribution < 1.29 is 27.9 Å². The zero-order valence-corrected chi connectivity index (χ0v) is 9.59. The Morgan fingerprint density at radius 1 is 1.28 bits per heavy atom. The topological polar surface area (TPSA) is 78.4 Å². The zero-order valence-electron chi connectivity index (χ0n) is 9.59.